The first-order valence-corrected chi connectivity index (χ1v) is 7.67. The molecule has 2 fully saturated rings. The number of ether oxygens (including phenoxy) is 1. The number of anilines is 1. The third-order valence-corrected chi connectivity index (χ3v) is 4.44. The number of morpholine rings is 1. The molecule has 1 heterocycles. The van der Waals surface area contributed by atoms with Crippen molar-refractivity contribution in [3.05, 3.63) is 29.6 Å². The van der Waals surface area contributed by atoms with E-state index in [1.54, 1.807) is 6.07 Å². The minimum Gasteiger partial charge on any atom is -0.374 e. The van der Waals surface area contributed by atoms with Crippen LogP contribution in [-0.4, -0.2) is 31.8 Å². The lowest BCUT2D eigenvalue weighted by Crippen LogP contribution is -2.49. The Morgan fingerprint density at radius 3 is 3.15 bits per heavy atom. The first kappa shape index (κ1) is 13.8. The summed E-state index contributed by atoms with van der Waals surface area (Å²) < 4.78 is 20.0. The highest BCUT2D eigenvalue weighted by Crippen LogP contribution is 2.35. The van der Waals surface area contributed by atoms with E-state index >= 15 is 0 Å². The molecule has 1 saturated carbocycles. The van der Waals surface area contributed by atoms with E-state index in [0.29, 0.717) is 18.7 Å². The monoisotopic (exact) mass is 278 g/mol. The van der Waals surface area contributed by atoms with Gasteiger partial charge in [-0.15, -0.1) is 0 Å². The van der Waals surface area contributed by atoms with Crippen LogP contribution >= 0.6 is 0 Å². The Morgan fingerprint density at radius 2 is 2.30 bits per heavy atom. The predicted molar refractivity (Wildman–Crippen MR) is 78.5 cm³/mol. The van der Waals surface area contributed by atoms with Crippen LogP contribution in [0.4, 0.5) is 10.1 Å². The summed E-state index contributed by atoms with van der Waals surface area (Å²) in [5.74, 6) is -0.107. The van der Waals surface area contributed by atoms with Crippen LogP contribution in [0.15, 0.2) is 18.2 Å². The van der Waals surface area contributed by atoms with Gasteiger partial charge >= 0.3 is 0 Å². The molecule has 0 aromatic heterocycles. The van der Waals surface area contributed by atoms with Crippen LogP contribution < -0.4 is 10.2 Å². The van der Waals surface area contributed by atoms with Gasteiger partial charge in [-0.2, -0.15) is 0 Å². The standard InChI is InChI=1S/C16H23FN2O/c1-2-18-11-12-13(17)5-3-6-14(12)19-9-10-20-16-8-4-7-15(16)19/h3,5-6,15-16,18H,2,4,7-11H2,1H3. The zero-order valence-electron chi connectivity index (χ0n) is 12.1. The zero-order chi connectivity index (χ0) is 13.9. The van der Waals surface area contributed by atoms with Crippen LogP contribution in [0.3, 0.4) is 0 Å². The summed E-state index contributed by atoms with van der Waals surface area (Å²) in [5.41, 5.74) is 1.84. The van der Waals surface area contributed by atoms with Gasteiger partial charge in [0.1, 0.15) is 5.82 Å². The molecule has 0 bridgehead atoms. The smallest absolute Gasteiger partial charge is 0.129 e. The first-order valence-electron chi connectivity index (χ1n) is 7.67. The molecule has 0 spiro atoms. The lowest BCUT2D eigenvalue weighted by molar-refractivity contribution is 0.0255. The van der Waals surface area contributed by atoms with Crippen LogP contribution in [0.1, 0.15) is 31.7 Å². The normalized spacial score (nSPS) is 25.8. The third-order valence-electron chi connectivity index (χ3n) is 4.44. The number of hydrogen-bond acceptors (Lipinski definition) is 3. The summed E-state index contributed by atoms with van der Waals surface area (Å²) in [7, 11) is 0. The maximum absolute atomic E-state index is 14.2. The summed E-state index contributed by atoms with van der Waals surface area (Å²) in [6, 6.07) is 5.85. The fourth-order valence-corrected chi connectivity index (χ4v) is 3.47. The summed E-state index contributed by atoms with van der Waals surface area (Å²) >= 11 is 0. The maximum Gasteiger partial charge on any atom is 0.129 e. The van der Waals surface area contributed by atoms with Gasteiger partial charge in [-0.25, -0.2) is 4.39 Å². The zero-order valence-corrected chi connectivity index (χ0v) is 12.1. The molecule has 2 unspecified atom stereocenters. The van der Waals surface area contributed by atoms with Gasteiger partial charge in [0.15, 0.2) is 0 Å². The Kier molecular flexibility index (Phi) is 4.22. The van der Waals surface area contributed by atoms with Crippen molar-refractivity contribution in [2.75, 3.05) is 24.6 Å². The van der Waals surface area contributed by atoms with Crippen molar-refractivity contribution in [1.29, 1.82) is 0 Å². The van der Waals surface area contributed by atoms with Gasteiger partial charge in [-0.05, 0) is 37.9 Å². The molecule has 2 atom stereocenters. The largest absolute Gasteiger partial charge is 0.374 e. The van der Waals surface area contributed by atoms with Crippen molar-refractivity contribution in [3.8, 4) is 0 Å². The number of nitrogens with zero attached hydrogens (tertiary/aromatic N) is 1. The average molecular weight is 278 g/mol. The van der Waals surface area contributed by atoms with E-state index in [1.807, 2.05) is 13.0 Å². The number of halogens is 1. The van der Waals surface area contributed by atoms with Crippen molar-refractivity contribution in [2.45, 2.75) is 44.9 Å². The molecular weight excluding hydrogens is 255 g/mol. The molecule has 3 nitrogen and oxygen atoms in total. The van der Waals surface area contributed by atoms with Gasteiger partial charge < -0.3 is 15.0 Å². The Balaban J connectivity index is 1.90. The lowest BCUT2D eigenvalue weighted by Gasteiger charge is -2.40. The molecule has 20 heavy (non-hydrogen) atoms. The Labute approximate surface area is 120 Å². The SMILES string of the molecule is CCNCc1c(F)cccc1N1CCOC2CCCC21. The topological polar surface area (TPSA) is 24.5 Å². The van der Waals surface area contributed by atoms with Crippen molar-refractivity contribution in [1.82, 2.24) is 5.32 Å². The van der Waals surface area contributed by atoms with Gasteiger partial charge in [0.25, 0.3) is 0 Å². The predicted octanol–water partition coefficient (Wildman–Crippen LogP) is 2.69. The van der Waals surface area contributed by atoms with E-state index in [9.17, 15) is 4.39 Å². The minimum absolute atomic E-state index is 0.107. The van der Waals surface area contributed by atoms with Gasteiger partial charge in [-0.3, -0.25) is 0 Å². The van der Waals surface area contributed by atoms with Crippen LogP contribution in [0.5, 0.6) is 0 Å². The quantitative estimate of drug-likeness (QED) is 0.916. The number of fused-ring (bicyclic) bond motifs is 1. The van der Waals surface area contributed by atoms with Gasteiger partial charge in [0.2, 0.25) is 0 Å². The second-order valence-electron chi connectivity index (χ2n) is 5.62. The highest BCUT2D eigenvalue weighted by molar-refractivity contribution is 5.56. The van der Waals surface area contributed by atoms with Gasteiger partial charge in [-0.1, -0.05) is 13.0 Å². The van der Waals surface area contributed by atoms with Crippen molar-refractivity contribution in [3.63, 3.8) is 0 Å². The molecule has 0 radical (unpaired) electrons. The Hall–Kier alpha value is -1.13. The second-order valence-corrected chi connectivity index (χ2v) is 5.62. The fraction of sp³-hybridized carbons (Fsp3) is 0.625. The number of rotatable bonds is 4. The Bertz CT molecular complexity index is 466. The molecule has 1 saturated heterocycles. The summed E-state index contributed by atoms with van der Waals surface area (Å²) in [6.45, 7) is 5.10. The first-order chi connectivity index (χ1) is 9.81. The van der Waals surface area contributed by atoms with E-state index < -0.39 is 0 Å². The second kappa shape index (κ2) is 6.10. The molecule has 3 rings (SSSR count). The minimum atomic E-state index is -0.107. The van der Waals surface area contributed by atoms with Crippen LogP contribution in [0, 0.1) is 5.82 Å². The van der Waals surface area contributed by atoms with E-state index in [-0.39, 0.29) is 5.82 Å². The van der Waals surface area contributed by atoms with Crippen LogP contribution in [0.25, 0.3) is 0 Å². The number of hydrogen-bond donors (Lipinski definition) is 1. The third kappa shape index (κ3) is 2.54. The molecule has 0 amide bonds. The van der Waals surface area contributed by atoms with Crippen LogP contribution in [0.2, 0.25) is 0 Å². The highest BCUT2D eigenvalue weighted by Gasteiger charge is 2.37. The molecule has 1 aliphatic heterocycles. The summed E-state index contributed by atoms with van der Waals surface area (Å²) in [6.07, 6.45) is 3.84. The van der Waals surface area contributed by atoms with E-state index in [1.165, 1.54) is 6.42 Å². The number of nitrogens with one attached hydrogen (secondary N) is 1. The molecule has 1 N–H and O–H groups in total. The summed E-state index contributed by atoms with van der Waals surface area (Å²) in [4.78, 5) is 2.37. The lowest BCUT2D eigenvalue weighted by atomic mass is 10.1. The summed E-state index contributed by atoms with van der Waals surface area (Å²) in [5, 5.41) is 3.25. The van der Waals surface area contributed by atoms with Crippen molar-refractivity contribution < 1.29 is 9.13 Å². The van der Waals surface area contributed by atoms with E-state index in [2.05, 4.69) is 16.3 Å². The Morgan fingerprint density at radius 1 is 1.40 bits per heavy atom. The number of benzene rings is 1. The maximum atomic E-state index is 14.2. The molecule has 110 valence electrons. The van der Waals surface area contributed by atoms with Crippen LogP contribution in [-0.2, 0) is 11.3 Å². The van der Waals surface area contributed by atoms with Gasteiger partial charge in [0, 0.05) is 24.3 Å². The van der Waals surface area contributed by atoms with E-state index in [4.69, 9.17) is 4.74 Å². The molecule has 4 heteroatoms. The fourth-order valence-electron chi connectivity index (χ4n) is 3.47. The highest BCUT2D eigenvalue weighted by atomic mass is 19.1. The molecule has 2 aliphatic rings. The molecule has 1 aromatic carbocycles. The van der Waals surface area contributed by atoms with E-state index in [0.717, 1.165) is 43.8 Å². The average Bonchev–Trinajstić information content (AvgIpc) is 2.94. The van der Waals surface area contributed by atoms with Gasteiger partial charge in [0.05, 0.1) is 18.8 Å². The van der Waals surface area contributed by atoms with Crippen molar-refractivity contribution in [2.24, 2.45) is 0 Å². The molecular formula is C16H23FN2O. The molecule has 1 aromatic rings. The van der Waals surface area contributed by atoms with Crippen molar-refractivity contribution >= 4 is 5.69 Å². The molecule has 1 aliphatic carbocycles.